The van der Waals surface area contributed by atoms with Crippen molar-refractivity contribution in [1.29, 1.82) is 0 Å². The number of nitrogens with two attached hydrogens (primary N) is 1. The van der Waals surface area contributed by atoms with Gasteiger partial charge in [-0.2, -0.15) is 0 Å². The molecule has 2 aliphatic heterocycles. The third-order valence-electron chi connectivity index (χ3n) is 9.44. The molecule has 14 nitrogen and oxygen atoms in total. The summed E-state index contributed by atoms with van der Waals surface area (Å²) in [4.78, 5) is 92.0. The van der Waals surface area contributed by atoms with Crippen LogP contribution in [0.1, 0.15) is 77.2 Å². The van der Waals surface area contributed by atoms with Crippen molar-refractivity contribution in [2.75, 3.05) is 13.1 Å². The van der Waals surface area contributed by atoms with E-state index in [0.29, 0.717) is 48.7 Å². The SMILES string of the molecule is C=C(N)CC[C@H](NC(=O)[C@@H]1CC[C@@H]2CCN(C(=O)c3cccc(F)c3)C[C@H](NC(=O)c3cc4cc(C(=O)P(=O)(O)O)ccc4[nH]3)C(=O)N21)C(C)C. The Morgan fingerprint density at radius 1 is 1.08 bits per heavy atom. The molecule has 0 bridgehead atoms. The predicted molar refractivity (Wildman–Crippen MR) is 186 cm³/mol. The van der Waals surface area contributed by atoms with Crippen LogP contribution in [0.5, 0.6) is 0 Å². The standard InChI is InChI=1S/C35H42FN6O8P/c1-19(2)26(10-7-20(3)37)39-32(44)30-12-9-25-13-14-41(33(45)21-5-4-6-24(36)16-21)18-29(34(46)42(25)30)40-31(43)28-17-23-15-22(8-11-27(23)38-28)35(47)51(48,49)50/h4-6,8,11,15-17,19,25-26,29-30,38H,3,7,9-10,12-14,18,37H2,1-2H3,(H,39,44)(H,40,43)(H2,48,49,50)/t25-,26+,29+,30+/m1/s1. The summed E-state index contributed by atoms with van der Waals surface area (Å²) in [6.45, 7) is 7.58. The first-order valence-corrected chi connectivity index (χ1v) is 18.3. The average Bonchev–Trinajstić information content (AvgIpc) is 3.69. The smallest absolute Gasteiger partial charge is 0.396 e. The number of halogens is 1. The highest BCUT2D eigenvalue weighted by molar-refractivity contribution is 7.70. The molecule has 2 fully saturated rings. The molecular weight excluding hydrogens is 682 g/mol. The Hall–Kier alpha value is -4.85. The first-order chi connectivity index (χ1) is 24.0. The summed E-state index contributed by atoms with van der Waals surface area (Å²) in [5, 5.41) is 6.10. The number of hydrogen-bond donors (Lipinski definition) is 6. The number of hydrogen-bond acceptors (Lipinski definition) is 7. The van der Waals surface area contributed by atoms with Gasteiger partial charge in [0.15, 0.2) is 0 Å². The molecule has 3 heterocycles. The lowest BCUT2D eigenvalue weighted by Crippen LogP contribution is -2.61. The third kappa shape index (κ3) is 8.55. The van der Waals surface area contributed by atoms with Gasteiger partial charge in [-0.05, 0) is 80.5 Å². The third-order valence-corrected chi connectivity index (χ3v) is 10.2. The summed E-state index contributed by atoms with van der Waals surface area (Å²) in [5.41, 5.74) is 5.07. The van der Waals surface area contributed by atoms with Gasteiger partial charge in [0.1, 0.15) is 23.6 Å². The van der Waals surface area contributed by atoms with Crippen LogP contribution in [0.25, 0.3) is 10.9 Å². The zero-order valence-electron chi connectivity index (χ0n) is 28.3. The number of aromatic amines is 1. The minimum absolute atomic E-state index is 0.0304. The van der Waals surface area contributed by atoms with Crippen molar-refractivity contribution in [3.05, 3.63) is 83.4 Å². The van der Waals surface area contributed by atoms with E-state index in [1.165, 1.54) is 52.3 Å². The van der Waals surface area contributed by atoms with Crippen molar-refractivity contribution >= 4 is 47.7 Å². The summed E-state index contributed by atoms with van der Waals surface area (Å²) >= 11 is 0. The molecule has 2 aromatic carbocycles. The average molecular weight is 725 g/mol. The molecule has 4 atom stereocenters. The Morgan fingerprint density at radius 3 is 2.49 bits per heavy atom. The first-order valence-electron chi connectivity index (χ1n) is 16.7. The summed E-state index contributed by atoms with van der Waals surface area (Å²) < 4.78 is 25.6. The van der Waals surface area contributed by atoms with Crippen LogP contribution in [0.15, 0.2) is 60.8 Å². The fourth-order valence-electron chi connectivity index (χ4n) is 6.71. The molecule has 0 aliphatic carbocycles. The largest absolute Gasteiger partial charge is 0.403 e. The number of rotatable bonds is 11. The van der Waals surface area contributed by atoms with Gasteiger partial charge in [0.2, 0.25) is 11.8 Å². The van der Waals surface area contributed by atoms with E-state index in [4.69, 9.17) is 5.73 Å². The molecular formula is C35H42FN6O8P. The van der Waals surface area contributed by atoms with Gasteiger partial charge < -0.3 is 40.9 Å². The summed E-state index contributed by atoms with van der Waals surface area (Å²) in [7, 11) is -5.05. The van der Waals surface area contributed by atoms with E-state index in [2.05, 4.69) is 22.2 Å². The lowest BCUT2D eigenvalue weighted by atomic mass is 9.98. The number of H-pyrrole nitrogens is 1. The van der Waals surface area contributed by atoms with E-state index in [1.807, 2.05) is 13.8 Å². The fourth-order valence-corrected chi connectivity index (χ4v) is 7.19. The Bertz CT molecular complexity index is 1920. The second kappa shape index (κ2) is 15.2. The molecule has 1 aromatic heterocycles. The molecule has 272 valence electrons. The van der Waals surface area contributed by atoms with Crippen LogP contribution >= 0.6 is 7.60 Å². The Kier molecular flexibility index (Phi) is 11.1. The molecule has 3 aromatic rings. The molecule has 16 heteroatoms. The second-order valence-electron chi connectivity index (χ2n) is 13.5. The molecule has 0 unspecified atom stereocenters. The van der Waals surface area contributed by atoms with Gasteiger partial charge in [-0.3, -0.25) is 28.5 Å². The van der Waals surface area contributed by atoms with Crippen molar-refractivity contribution in [1.82, 2.24) is 25.4 Å². The lowest BCUT2D eigenvalue weighted by Gasteiger charge is -2.39. The van der Waals surface area contributed by atoms with Crippen LogP contribution in [-0.4, -0.2) is 91.0 Å². The van der Waals surface area contributed by atoms with Gasteiger partial charge in [-0.25, -0.2) is 4.39 Å². The zero-order valence-corrected chi connectivity index (χ0v) is 29.2. The number of amides is 4. The van der Waals surface area contributed by atoms with Crippen LogP contribution in [0, 0.1) is 11.7 Å². The quantitative estimate of drug-likeness (QED) is 0.160. The Morgan fingerprint density at radius 2 is 1.82 bits per heavy atom. The molecule has 2 aliphatic rings. The van der Waals surface area contributed by atoms with E-state index < -0.39 is 54.8 Å². The Labute approximate surface area is 293 Å². The van der Waals surface area contributed by atoms with E-state index in [9.17, 15) is 42.7 Å². The highest BCUT2D eigenvalue weighted by atomic mass is 31.2. The lowest BCUT2D eigenvalue weighted by molar-refractivity contribution is -0.143. The van der Waals surface area contributed by atoms with Gasteiger partial charge >= 0.3 is 7.60 Å². The second-order valence-corrected chi connectivity index (χ2v) is 15.0. The van der Waals surface area contributed by atoms with Crippen LogP contribution in [0.4, 0.5) is 4.39 Å². The molecule has 2 saturated heterocycles. The number of nitrogens with zero attached hydrogens (tertiary/aromatic N) is 2. The van der Waals surface area contributed by atoms with Gasteiger partial charge in [0.25, 0.3) is 17.3 Å². The molecule has 0 spiro atoms. The van der Waals surface area contributed by atoms with E-state index in [0.717, 1.165) is 6.07 Å². The summed E-state index contributed by atoms with van der Waals surface area (Å²) in [6, 6.07) is 7.58. The molecule has 0 radical (unpaired) electrons. The van der Waals surface area contributed by atoms with Crippen LogP contribution < -0.4 is 16.4 Å². The van der Waals surface area contributed by atoms with E-state index in [1.54, 1.807) is 0 Å². The van der Waals surface area contributed by atoms with Crippen molar-refractivity contribution in [3.8, 4) is 0 Å². The normalized spacial score (nSPS) is 20.0. The van der Waals surface area contributed by atoms with Gasteiger partial charge in [-0.1, -0.05) is 26.5 Å². The molecule has 4 amide bonds. The van der Waals surface area contributed by atoms with Crippen LogP contribution in [0.3, 0.4) is 0 Å². The van der Waals surface area contributed by atoms with Crippen molar-refractivity contribution in [2.24, 2.45) is 11.7 Å². The van der Waals surface area contributed by atoms with E-state index in [-0.39, 0.29) is 47.8 Å². The van der Waals surface area contributed by atoms with Crippen LogP contribution in [-0.2, 0) is 14.2 Å². The minimum Gasteiger partial charge on any atom is -0.403 e. The molecule has 7 N–H and O–H groups in total. The van der Waals surface area contributed by atoms with Gasteiger partial charge in [0, 0.05) is 46.4 Å². The summed E-state index contributed by atoms with van der Waals surface area (Å²) in [6.07, 6.45) is 2.29. The van der Waals surface area contributed by atoms with Crippen LogP contribution in [0.2, 0.25) is 0 Å². The highest BCUT2D eigenvalue weighted by Gasteiger charge is 2.46. The zero-order chi connectivity index (χ0) is 37.2. The summed E-state index contributed by atoms with van der Waals surface area (Å²) in [5.74, 6) is -2.71. The topological polar surface area (TPSA) is 215 Å². The number of benzene rings is 2. The Balaban J connectivity index is 1.43. The van der Waals surface area contributed by atoms with E-state index >= 15 is 0 Å². The molecule has 0 saturated carbocycles. The number of aromatic nitrogens is 1. The number of carbonyl (C=O) groups excluding carboxylic acids is 5. The maximum Gasteiger partial charge on any atom is 0.396 e. The molecule has 51 heavy (non-hydrogen) atoms. The first kappa shape index (κ1) is 37.4. The maximum absolute atomic E-state index is 14.4. The van der Waals surface area contributed by atoms with Crippen molar-refractivity contribution in [3.63, 3.8) is 0 Å². The molecule has 5 rings (SSSR count). The highest BCUT2D eigenvalue weighted by Crippen LogP contribution is 2.39. The number of nitrogens with one attached hydrogen (secondary N) is 3. The number of carbonyl (C=O) groups is 5. The minimum atomic E-state index is -5.05. The van der Waals surface area contributed by atoms with Crippen molar-refractivity contribution in [2.45, 2.75) is 70.1 Å². The predicted octanol–water partition coefficient (Wildman–Crippen LogP) is 3.02. The number of fused-ring (bicyclic) bond motifs is 2. The number of allylic oxidation sites excluding steroid dienone is 1. The fraction of sp³-hybridized carbons (Fsp3) is 0.400. The van der Waals surface area contributed by atoms with Gasteiger partial charge in [0.05, 0.1) is 6.54 Å². The van der Waals surface area contributed by atoms with Gasteiger partial charge in [-0.15, -0.1) is 0 Å². The van der Waals surface area contributed by atoms with Crippen molar-refractivity contribution < 1.29 is 42.7 Å². The monoisotopic (exact) mass is 724 g/mol. The maximum atomic E-state index is 14.4.